The van der Waals surface area contributed by atoms with Crippen LogP contribution >= 0.6 is 0 Å². The maximum Gasteiger partial charge on any atom is 0.221 e. The molecule has 137 heavy (non-hydrogen) atoms. The zero-order valence-corrected chi connectivity index (χ0v) is 75.6. The van der Waals surface area contributed by atoms with Gasteiger partial charge in [-0.15, -0.1) is 0 Å². The van der Waals surface area contributed by atoms with Gasteiger partial charge in [-0.25, -0.2) is 34.9 Å². The summed E-state index contributed by atoms with van der Waals surface area (Å²) < 4.78 is 29.9. The number of furan rings is 2. The van der Waals surface area contributed by atoms with E-state index in [-0.39, 0.29) is 0 Å². The Hall–Kier alpha value is -18.0. The molecule has 29 rings (SSSR count). The molecule has 0 atom stereocenters. The van der Waals surface area contributed by atoms with Gasteiger partial charge in [0, 0.05) is 50.0 Å². The van der Waals surface area contributed by atoms with Crippen molar-refractivity contribution in [2.75, 3.05) is 0 Å². The summed E-state index contributed by atoms with van der Waals surface area (Å²) in [4.78, 5) is 39.6. The average molecular weight is 1790 g/mol. The minimum Gasteiger partial charge on any atom is -0.456 e. The van der Waals surface area contributed by atoms with Crippen molar-refractivity contribution < 1.29 is 8.83 Å². The molecule has 1 aliphatic carbocycles. The molecule has 28 aromatic rings. The molecule has 0 aliphatic heterocycles. The van der Waals surface area contributed by atoms with Crippen molar-refractivity contribution >= 4 is 207 Å². The van der Waals surface area contributed by atoms with Crippen LogP contribution in [0.2, 0.25) is 0 Å². The quantitative estimate of drug-likeness (QED) is 0.0722. The van der Waals surface area contributed by atoms with Crippen LogP contribution < -0.4 is 36.3 Å². The van der Waals surface area contributed by atoms with Crippen LogP contribution in [-0.2, 0) is 0 Å². The van der Waals surface area contributed by atoms with Gasteiger partial charge in [0.1, 0.15) is 45.6 Å². The van der Waals surface area contributed by atoms with E-state index in [2.05, 4.69) is 468 Å². The molecule has 11 aromatic heterocycles. The zero-order valence-electron chi connectivity index (χ0n) is 73.6. The molecule has 18 heteroatoms. The lowest BCUT2D eigenvalue weighted by Gasteiger charge is -2.37. The summed E-state index contributed by atoms with van der Waals surface area (Å²) in [6.07, 6.45) is 6.09. The molecule has 1 aliphatic rings. The molecule has 0 spiro atoms. The van der Waals surface area contributed by atoms with Crippen LogP contribution in [0.4, 0.5) is 0 Å². The van der Waals surface area contributed by atoms with E-state index in [4.69, 9.17) is 43.7 Å². The van der Waals surface area contributed by atoms with Crippen LogP contribution in [0.25, 0.3) is 201 Å². The molecule has 11 heterocycles. The lowest BCUT2D eigenvalue weighted by atomic mass is 10.0. The van der Waals surface area contributed by atoms with Crippen molar-refractivity contribution in [3.05, 3.63) is 448 Å². The van der Waals surface area contributed by atoms with Gasteiger partial charge in [-0.3, -0.25) is 31.5 Å². The summed E-state index contributed by atoms with van der Waals surface area (Å²) in [5, 5.41) is 16.5. The molecule has 0 saturated heterocycles. The summed E-state index contributed by atoms with van der Waals surface area (Å²) in [5.74, 6) is 6.04. The van der Waals surface area contributed by atoms with Gasteiger partial charge < -0.3 is 8.83 Å². The van der Waals surface area contributed by atoms with Crippen molar-refractivity contribution in [2.24, 2.45) is 0 Å². The Balaban J connectivity index is 0.609. The minimum atomic E-state index is -3.22. The molecule has 0 N–H and O–H groups in total. The number of hydrogen-bond donors (Lipinski definition) is 0. The molecule has 0 amide bonds. The Morgan fingerprint density at radius 1 is 0.219 bits per heavy atom. The number of para-hydroxylation sites is 15. The van der Waals surface area contributed by atoms with Crippen molar-refractivity contribution in [2.45, 2.75) is 12.8 Å². The van der Waals surface area contributed by atoms with Gasteiger partial charge in [-0.05, 0) is 169 Å². The van der Waals surface area contributed by atoms with Crippen LogP contribution in [0.3, 0.4) is 0 Å². The first-order valence-corrected chi connectivity index (χ1v) is 50.5. The second-order valence-corrected chi connectivity index (χ2v) is 43.4. The second-order valence-electron chi connectivity index (χ2n) is 35.8. The van der Waals surface area contributed by atoms with Gasteiger partial charge in [-0.1, -0.05) is 327 Å². The minimum absolute atomic E-state index is 0.553. The number of fused-ring (bicyclic) bond motifs is 24. The number of imidazole rings is 6. The van der Waals surface area contributed by atoms with Crippen molar-refractivity contribution in [3.63, 3.8) is 0 Å². The van der Waals surface area contributed by atoms with Crippen LogP contribution in [0, 0.1) is 0 Å². The third-order valence-corrected chi connectivity index (χ3v) is 38.5. The Bertz CT molecular complexity index is 9890. The monoisotopic (exact) mass is 1790 g/mol. The normalized spacial score (nSPS) is 13.0. The fourth-order valence-electron chi connectivity index (χ4n) is 22.8. The smallest absolute Gasteiger partial charge is 0.221 e. The second kappa shape index (κ2) is 29.8. The van der Waals surface area contributed by atoms with Gasteiger partial charge in [0.15, 0.2) is 27.8 Å². The van der Waals surface area contributed by atoms with Gasteiger partial charge in [0.05, 0.1) is 77.2 Å². The Kier molecular flexibility index (Phi) is 16.7. The SMILES string of the molecule is C1=C(c2nc(-n3c4ccccc4n4c5ccccc5nc34)cc(-n3c4ccc(-c5ccc6c(c5)c5ccccc5n6-c5cc(-n6c7ccccc7n7c8ccccc8nc67)nc(-c6ccc([Si](c7ccccc7)(c7ccccc7)c7cccc8c7oc7ccccc78)cc6)n5)cc4n4c5ccccc5nc34)n2)CCC([Si](c2ccccc2)(c2ccccc2)c2cccc3c2oc2ccccc23)=C1. The van der Waals surface area contributed by atoms with Crippen LogP contribution in [0.5, 0.6) is 0 Å². The molecular weight excluding hydrogens is 1710 g/mol. The molecule has 0 fully saturated rings. The van der Waals surface area contributed by atoms with Crippen molar-refractivity contribution in [1.82, 2.24) is 66.4 Å². The first-order chi connectivity index (χ1) is 67.9. The number of nitrogens with zero attached hydrogens (tertiary/aromatic N) is 14. The third-order valence-electron chi connectivity index (χ3n) is 28.7. The highest BCUT2D eigenvalue weighted by atomic mass is 28.3. The number of rotatable bonds is 15. The highest BCUT2D eigenvalue weighted by Crippen LogP contribution is 2.43. The fraction of sp³-hybridized carbons (Fsp3) is 0.0168. The fourth-order valence-corrected chi connectivity index (χ4v) is 32.8. The van der Waals surface area contributed by atoms with Crippen LogP contribution in [0.15, 0.2) is 451 Å². The maximum absolute atomic E-state index is 7.08. The van der Waals surface area contributed by atoms with Crippen molar-refractivity contribution in [3.8, 4) is 45.8 Å². The highest BCUT2D eigenvalue weighted by molar-refractivity contribution is 7.20. The lowest BCUT2D eigenvalue weighted by Crippen LogP contribution is -2.74. The van der Waals surface area contributed by atoms with E-state index in [0.29, 0.717) is 47.1 Å². The highest BCUT2D eigenvalue weighted by Gasteiger charge is 2.47. The Morgan fingerprint density at radius 3 is 1.07 bits per heavy atom. The molecule has 642 valence electrons. The molecule has 0 unspecified atom stereocenters. The molecule has 0 saturated carbocycles. The topological polar surface area (TPSA) is 149 Å². The largest absolute Gasteiger partial charge is 0.456 e. The standard InChI is InChI=1S/C119H76N14O2Si2/c1-5-31-79(32-6-1)136(80-33-7-2-8-34-80,107-57-29-42-88-86-40-14-27-55-105(86)134-113(88)107)83-65-59-75(60-66-83)115-123-109(73-110(124-115)131-101-53-25-23-51-99(101)128-96-48-20-16-44-91(96)120-117(128)131)127-94-47-19-13-39-85(94)90-71-77(63-69-95(90)127)78-64-70-103-104(72-78)130-98-50-22-18-46-93(98)122-119(130)133(103)112-74-111(132-102-54-26-24-52-100(102)129-97-49-21-17-45-92(97)121-118(129)132)125-116(126-112)76-61-67-84(68-62-76)137(81-35-9-3-10-36-81,82-37-11-4-12-38-82)108-58-30-43-89-87-41-15-28-56-106(87)135-114(89)108/h1-61,63-67,69-74H,62,68H2. The Labute approximate surface area is 783 Å². The zero-order chi connectivity index (χ0) is 89.7. The van der Waals surface area contributed by atoms with E-state index in [9.17, 15) is 0 Å². The lowest BCUT2D eigenvalue weighted by molar-refractivity contribution is 0.671. The van der Waals surface area contributed by atoms with E-state index < -0.39 is 16.1 Å². The Morgan fingerprint density at radius 2 is 0.577 bits per heavy atom. The summed E-state index contributed by atoms with van der Waals surface area (Å²) >= 11 is 0. The van der Waals surface area contributed by atoms with E-state index in [0.717, 1.165) is 172 Å². The van der Waals surface area contributed by atoms with E-state index >= 15 is 0 Å². The van der Waals surface area contributed by atoms with Gasteiger partial charge >= 0.3 is 0 Å². The predicted molar refractivity (Wildman–Crippen MR) is 560 cm³/mol. The number of benzene rings is 17. The molecule has 0 bridgehead atoms. The van der Waals surface area contributed by atoms with Crippen molar-refractivity contribution in [1.29, 1.82) is 0 Å². The average Bonchev–Trinajstić information content (AvgIpc) is 1.70. The summed E-state index contributed by atoms with van der Waals surface area (Å²) in [7, 11) is -6.37. The molecule has 0 radical (unpaired) electrons. The summed E-state index contributed by atoms with van der Waals surface area (Å²) in [6.45, 7) is 0. The van der Waals surface area contributed by atoms with E-state index in [1.54, 1.807) is 0 Å². The van der Waals surface area contributed by atoms with Crippen LogP contribution in [0.1, 0.15) is 18.7 Å². The van der Waals surface area contributed by atoms with Gasteiger partial charge in [-0.2, -0.15) is 0 Å². The maximum atomic E-state index is 7.08. The first-order valence-electron chi connectivity index (χ1n) is 46.5. The number of allylic oxidation sites excluding steroid dienone is 4. The van der Waals surface area contributed by atoms with Gasteiger partial charge in [0.25, 0.3) is 0 Å². The number of hydrogen-bond acceptors (Lipinski definition) is 9. The summed E-state index contributed by atoms with van der Waals surface area (Å²) in [5.41, 5.74) is 20.9. The first kappa shape index (κ1) is 76.7. The van der Waals surface area contributed by atoms with Gasteiger partial charge in [0.2, 0.25) is 17.3 Å². The molecular formula is C119H76N14O2Si2. The predicted octanol–water partition coefficient (Wildman–Crippen LogP) is 22.9. The number of aromatic nitrogens is 14. The van der Waals surface area contributed by atoms with Crippen LogP contribution in [-0.4, -0.2) is 82.5 Å². The molecule has 16 nitrogen and oxygen atoms in total. The van der Waals surface area contributed by atoms with E-state index in [1.165, 1.54) is 41.5 Å². The molecule has 17 aromatic carbocycles. The van der Waals surface area contributed by atoms with E-state index in [1.807, 2.05) is 0 Å². The summed E-state index contributed by atoms with van der Waals surface area (Å²) in [6, 6.07) is 153. The third kappa shape index (κ3) is 11.2.